The van der Waals surface area contributed by atoms with Gasteiger partial charge >= 0.3 is 0 Å². The molecule has 2 aromatic rings. The van der Waals surface area contributed by atoms with Crippen molar-refractivity contribution >= 4 is 11.6 Å². The quantitative estimate of drug-likeness (QED) is 0.894. The third-order valence-corrected chi connectivity index (χ3v) is 5.75. The average molecular weight is 341 g/mol. The van der Waals surface area contributed by atoms with E-state index in [0.717, 1.165) is 36.4 Å². The Morgan fingerprint density at radius 3 is 2.84 bits per heavy atom. The first-order valence-electron chi connectivity index (χ1n) is 9.59. The van der Waals surface area contributed by atoms with Gasteiger partial charge in [-0.05, 0) is 43.7 Å². The largest absolute Gasteiger partial charge is 0.356 e. The molecule has 1 aliphatic carbocycles. The predicted molar refractivity (Wildman–Crippen MR) is 95.9 cm³/mol. The van der Waals surface area contributed by atoms with Crippen LogP contribution in [-0.4, -0.2) is 27.0 Å². The third-order valence-electron chi connectivity index (χ3n) is 5.75. The molecule has 0 aromatic carbocycles. The zero-order valence-electron chi connectivity index (χ0n) is 14.7. The predicted octanol–water partition coefficient (Wildman–Crippen LogP) is 2.38. The normalized spacial score (nSPS) is 23.6. The van der Waals surface area contributed by atoms with Gasteiger partial charge in [0.25, 0.3) is 0 Å². The second kappa shape index (κ2) is 7.12. The number of rotatable bonds is 4. The molecule has 2 fully saturated rings. The van der Waals surface area contributed by atoms with Gasteiger partial charge in [0, 0.05) is 18.9 Å². The Kier molecular flexibility index (Phi) is 4.70. The lowest BCUT2D eigenvalue weighted by atomic mass is 9.83. The molecule has 1 amide bonds. The molecule has 4 rings (SSSR count). The molecular weight excluding hydrogens is 314 g/mol. The van der Waals surface area contributed by atoms with Gasteiger partial charge in [-0.25, -0.2) is 9.50 Å². The van der Waals surface area contributed by atoms with Crippen LogP contribution < -0.4 is 11.1 Å². The van der Waals surface area contributed by atoms with Crippen LogP contribution >= 0.6 is 0 Å². The number of fused-ring (bicyclic) bond motifs is 1. The monoisotopic (exact) mass is 341 g/mol. The Balaban J connectivity index is 1.51. The minimum Gasteiger partial charge on any atom is -0.356 e. The zero-order chi connectivity index (χ0) is 17.2. The molecule has 1 saturated carbocycles. The van der Waals surface area contributed by atoms with Gasteiger partial charge in [0.15, 0.2) is 5.65 Å². The van der Waals surface area contributed by atoms with Crippen molar-refractivity contribution in [1.82, 2.24) is 19.9 Å². The van der Waals surface area contributed by atoms with E-state index in [0.29, 0.717) is 12.3 Å². The number of nitrogens with one attached hydrogen (secondary N) is 1. The van der Waals surface area contributed by atoms with Crippen LogP contribution in [0.4, 0.5) is 0 Å². The summed E-state index contributed by atoms with van der Waals surface area (Å²) in [5.41, 5.74) is 9.19. The fourth-order valence-electron chi connectivity index (χ4n) is 4.23. The van der Waals surface area contributed by atoms with Crippen LogP contribution in [0.1, 0.15) is 62.4 Å². The number of imidazole rings is 1. The molecule has 1 saturated heterocycles. The molecule has 6 nitrogen and oxygen atoms in total. The minimum atomic E-state index is -0.00503. The van der Waals surface area contributed by atoms with Crippen molar-refractivity contribution in [2.45, 2.75) is 57.4 Å². The van der Waals surface area contributed by atoms with Crippen LogP contribution in [0.2, 0.25) is 0 Å². The van der Waals surface area contributed by atoms with Crippen molar-refractivity contribution in [3.63, 3.8) is 0 Å². The van der Waals surface area contributed by atoms with Crippen LogP contribution in [0.5, 0.6) is 0 Å². The molecule has 0 spiro atoms. The Labute approximate surface area is 148 Å². The smallest absolute Gasteiger partial charge is 0.223 e. The van der Waals surface area contributed by atoms with E-state index < -0.39 is 0 Å². The first-order valence-corrected chi connectivity index (χ1v) is 9.59. The Morgan fingerprint density at radius 2 is 2.04 bits per heavy atom. The summed E-state index contributed by atoms with van der Waals surface area (Å²) in [7, 11) is 0. The number of aromatic nitrogens is 3. The molecule has 2 atom stereocenters. The van der Waals surface area contributed by atoms with E-state index in [1.54, 1.807) is 0 Å². The van der Waals surface area contributed by atoms with E-state index in [9.17, 15) is 4.79 Å². The minimum absolute atomic E-state index is 0.00503. The fraction of sp³-hybridized carbons (Fsp3) is 0.632. The molecule has 3 N–H and O–H groups in total. The third kappa shape index (κ3) is 3.54. The van der Waals surface area contributed by atoms with E-state index in [2.05, 4.69) is 15.4 Å². The first-order chi connectivity index (χ1) is 12.2. The maximum absolute atomic E-state index is 12.0. The van der Waals surface area contributed by atoms with E-state index in [-0.39, 0.29) is 17.9 Å². The number of hydrogen-bond acceptors (Lipinski definition) is 4. The summed E-state index contributed by atoms with van der Waals surface area (Å²) in [5.74, 6) is 0.717. The summed E-state index contributed by atoms with van der Waals surface area (Å²) in [5, 5.41) is 7.61. The van der Waals surface area contributed by atoms with Crippen LogP contribution in [0.25, 0.3) is 5.65 Å². The second-order valence-corrected chi connectivity index (χ2v) is 7.55. The van der Waals surface area contributed by atoms with Gasteiger partial charge in [0.05, 0.1) is 23.6 Å². The van der Waals surface area contributed by atoms with E-state index in [4.69, 9.17) is 5.73 Å². The maximum Gasteiger partial charge on any atom is 0.223 e. The Hall–Kier alpha value is -1.95. The number of carbonyl (C=O) groups excluding carboxylic acids is 1. The average Bonchev–Trinajstić information content (AvgIpc) is 3.07. The molecule has 2 unspecified atom stereocenters. The van der Waals surface area contributed by atoms with E-state index in [1.807, 2.05) is 22.8 Å². The highest BCUT2D eigenvalue weighted by Crippen LogP contribution is 2.32. The lowest BCUT2D eigenvalue weighted by Gasteiger charge is -2.26. The summed E-state index contributed by atoms with van der Waals surface area (Å²) in [6, 6.07) is 3.97. The van der Waals surface area contributed by atoms with E-state index in [1.165, 1.54) is 32.1 Å². The molecule has 6 heteroatoms. The Morgan fingerprint density at radius 1 is 1.20 bits per heavy atom. The van der Waals surface area contributed by atoms with Gasteiger partial charge in [-0.3, -0.25) is 4.79 Å². The highest BCUT2D eigenvalue weighted by molar-refractivity contribution is 5.79. The maximum atomic E-state index is 12.0. The number of nitrogens with two attached hydrogens (primary N) is 1. The van der Waals surface area contributed by atoms with Crippen molar-refractivity contribution in [3.05, 3.63) is 29.7 Å². The molecule has 25 heavy (non-hydrogen) atoms. The lowest BCUT2D eigenvalue weighted by Crippen LogP contribution is -2.37. The van der Waals surface area contributed by atoms with Crippen molar-refractivity contribution in [2.24, 2.45) is 17.6 Å². The molecule has 3 heterocycles. The van der Waals surface area contributed by atoms with Gasteiger partial charge in [0.1, 0.15) is 0 Å². The van der Waals surface area contributed by atoms with Crippen molar-refractivity contribution in [3.8, 4) is 0 Å². The number of amides is 1. The van der Waals surface area contributed by atoms with Gasteiger partial charge in [0.2, 0.25) is 5.91 Å². The van der Waals surface area contributed by atoms with Crippen LogP contribution in [0.3, 0.4) is 0 Å². The van der Waals surface area contributed by atoms with Crippen LogP contribution in [-0.2, 0) is 11.2 Å². The van der Waals surface area contributed by atoms with Crippen molar-refractivity contribution in [2.75, 3.05) is 6.54 Å². The summed E-state index contributed by atoms with van der Waals surface area (Å²) >= 11 is 0. The summed E-state index contributed by atoms with van der Waals surface area (Å²) < 4.78 is 1.83. The van der Waals surface area contributed by atoms with E-state index >= 15 is 0 Å². The Bertz CT molecular complexity index is 749. The molecular formula is C19H27N5O. The number of carbonyl (C=O) groups is 1. The van der Waals surface area contributed by atoms with Gasteiger partial charge in [-0.2, -0.15) is 5.10 Å². The molecule has 2 aliphatic rings. The highest BCUT2D eigenvalue weighted by Gasteiger charge is 2.25. The SMILES string of the molecule is NC(c1cn2nc(CC3CCCNC3=O)ccc2n1)C1CCCCC1. The molecule has 134 valence electrons. The fourth-order valence-corrected chi connectivity index (χ4v) is 4.23. The number of hydrogen-bond donors (Lipinski definition) is 2. The molecule has 0 radical (unpaired) electrons. The number of piperidine rings is 1. The topological polar surface area (TPSA) is 85.3 Å². The summed E-state index contributed by atoms with van der Waals surface area (Å²) in [6.45, 7) is 0.797. The lowest BCUT2D eigenvalue weighted by molar-refractivity contribution is -0.126. The van der Waals surface area contributed by atoms with Crippen LogP contribution in [0, 0.1) is 11.8 Å². The zero-order valence-corrected chi connectivity index (χ0v) is 14.7. The van der Waals surface area contributed by atoms with Gasteiger partial charge in [-0.15, -0.1) is 0 Å². The molecule has 2 aromatic heterocycles. The standard InChI is InChI=1S/C19H27N5O/c20-18(13-5-2-1-3-6-13)16-12-24-17(22-16)9-8-15(23-24)11-14-7-4-10-21-19(14)25/h8-9,12-14,18H,1-7,10-11,20H2,(H,21,25). The van der Waals surface area contributed by atoms with Crippen LogP contribution in [0.15, 0.2) is 18.3 Å². The van der Waals surface area contributed by atoms with Crippen molar-refractivity contribution < 1.29 is 4.79 Å². The molecule has 1 aliphatic heterocycles. The van der Waals surface area contributed by atoms with Gasteiger partial charge in [-0.1, -0.05) is 19.3 Å². The van der Waals surface area contributed by atoms with Crippen molar-refractivity contribution in [1.29, 1.82) is 0 Å². The first kappa shape index (κ1) is 16.5. The summed E-state index contributed by atoms with van der Waals surface area (Å²) in [6.07, 6.45) is 10.9. The molecule has 0 bridgehead atoms. The second-order valence-electron chi connectivity index (χ2n) is 7.55. The summed E-state index contributed by atoms with van der Waals surface area (Å²) in [4.78, 5) is 16.6. The highest BCUT2D eigenvalue weighted by atomic mass is 16.1. The van der Waals surface area contributed by atoms with Gasteiger partial charge < -0.3 is 11.1 Å². The number of nitrogens with zero attached hydrogens (tertiary/aromatic N) is 3.